The molecule has 1 aliphatic carbocycles. The predicted octanol–water partition coefficient (Wildman–Crippen LogP) is 3.13. The van der Waals surface area contributed by atoms with Gasteiger partial charge in [0.15, 0.2) is 0 Å². The van der Waals surface area contributed by atoms with E-state index in [1.165, 1.54) is 5.56 Å². The molecule has 5 heteroatoms. The van der Waals surface area contributed by atoms with Crippen molar-refractivity contribution in [3.63, 3.8) is 0 Å². The molecule has 0 radical (unpaired) electrons. The van der Waals surface area contributed by atoms with Crippen LogP contribution in [-0.2, 0) is 4.79 Å². The van der Waals surface area contributed by atoms with E-state index in [0.29, 0.717) is 17.0 Å². The highest BCUT2D eigenvalue weighted by Gasteiger charge is 2.36. The average Bonchev–Trinajstić information content (AvgIpc) is 2.94. The van der Waals surface area contributed by atoms with Gasteiger partial charge in [0, 0.05) is 6.04 Å². The maximum atomic E-state index is 12.4. The molecule has 1 saturated carbocycles. The van der Waals surface area contributed by atoms with E-state index in [0.717, 1.165) is 30.6 Å². The summed E-state index contributed by atoms with van der Waals surface area (Å²) in [7, 11) is 0. The first kappa shape index (κ1) is 17.5. The molecule has 2 aliphatic rings. The van der Waals surface area contributed by atoms with Gasteiger partial charge < -0.3 is 5.32 Å². The standard InChI is InChI=1S/C22H22N2O3/c25-20(14-24-21(26)18-8-4-5-9-19(18)22(24)27)23-17-12-10-16(11-13-17)15-6-2-1-3-7-15/h1-9,16-17H,10-14H2,(H,23,25). The summed E-state index contributed by atoms with van der Waals surface area (Å²) in [6.07, 6.45) is 3.88. The summed E-state index contributed by atoms with van der Waals surface area (Å²) in [6, 6.07) is 17.3. The maximum absolute atomic E-state index is 12.4. The molecule has 1 aliphatic heterocycles. The Kier molecular flexibility index (Phi) is 4.75. The Bertz CT molecular complexity index is 835. The van der Waals surface area contributed by atoms with Gasteiger partial charge in [-0.1, -0.05) is 42.5 Å². The fraction of sp³-hybridized carbons (Fsp3) is 0.318. The summed E-state index contributed by atoms with van der Waals surface area (Å²) < 4.78 is 0. The van der Waals surface area contributed by atoms with Crippen molar-refractivity contribution in [2.75, 3.05) is 6.54 Å². The van der Waals surface area contributed by atoms with Gasteiger partial charge in [0.2, 0.25) is 5.91 Å². The van der Waals surface area contributed by atoms with Crippen molar-refractivity contribution in [2.24, 2.45) is 0 Å². The Morgan fingerprint density at radius 2 is 1.41 bits per heavy atom. The number of nitrogens with zero attached hydrogens (tertiary/aromatic N) is 1. The third kappa shape index (κ3) is 3.50. The third-order valence-corrected chi connectivity index (χ3v) is 5.54. The van der Waals surface area contributed by atoms with Crippen molar-refractivity contribution in [3.8, 4) is 0 Å². The zero-order valence-corrected chi connectivity index (χ0v) is 15.1. The second kappa shape index (κ2) is 7.35. The lowest BCUT2D eigenvalue weighted by atomic mass is 9.82. The van der Waals surface area contributed by atoms with E-state index in [-0.39, 0.29) is 18.5 Å². The van der Waals surface area contributed by atoms with Crippen LogP contribution in [-0.4, -0.2) is 35.2 Å². The molecule has 0 unspecified atom stereocenters. The summed E-state index contributed by atoms with van der Waals surface area (Å²) in [5, 5.41) is 3.00. The molecule has 138 valence electrons. The zero-order chi connectivity index (χ0) is 18.8. The highest BCUT2D eigenvalue weighted by atomic mass is 16.2. The smallest absolute Gasteiger partial charge is 0.262 e. The van der Waals surface area contributed by atoms with Gasteiger partial charge in [0.25, 0.3) is 11.8 Å². The van der Waals surface area contributed by atoms with Crippen molar-refractivity contribution in [1.82, 2.24) is 10.2 Å². The van der Waals surface area contributed by atoms with Crippen molar-refractivity contribution in [3.05, 3.63) is 71.3 Å². The van der Waals surface area contributed by atoms with Crippen LogP contribution in [0.5, 0.6) is 0 Å². The minimum absolute atomic E-state index is 0.104. The second-order valence-corrected chi connectivity index (χ2v) is 7.27. The number of carbonyl (C=O) groups is 3. The molecule has 0 spiro atoms. The Labute approximate surface area is 158 Å². The molecule has 4 rings (SSSR count). The lowest BCUT2D eigenvalue weighted by Gasteiger charge is -2.29. The number of fused-ring (bicyclic) bond motifs is 1. The van der Waals surface area contributed by atoms with Crippen LogP contribution in [0.2, 0.25) is 0 Å². The molecular weight excluding hydrogens is 340 g/mol. The molecule has 2 aromatic rings. The Hall–Kier alpha value is -2.95. The first-order valence-electron chi connectivity index (χ1n) is 9.43. The van der Waals surface area contributed by atoms with Crippen molar-refractivity contribution in [1.29, 1.82) is 0 Å². The number of nitrogens with one attached hydrogen (secondary N) is 1. The van der Waals surface area contributed by atoms with Gasteiger partial charge in [-0.15, -0.1) is 0 Å². The molecule has 5 nitrogen and oxygen atoms in total. The van der Waals surface area contributed by atoms with Crippen LogP contribution < -0.4 is 5.32 Å². The molecule has 1 N–H and O–H groups in total. The monoisotopic (exact) mass is 362 g/mol. The minimum Gasteiger partial charge on any atom is -0.352 e. The van der Waals surface area contributed by atoms with Gasteiger partial charge in [-0.25, -0.2) is 0 Å². The average molecular weight is 362 g/mol. The second-order valence-electron chi connectivity index (χ2n) is 7.27. The first-order valence-corrected chi connectivity index (χ1v) is 9.43. The van der Waals surface area contributed by atoms with Gasteiger partial charge >= 0.3 is 0 Å². The van der Waals surface area contributed by atoms with E-state index < -0.39 is 11.8 Å². The molecule has 0 atom stereocenters. The highest BCUT2D eigenvalue weighted by Crippen LogP contribution is 2.32. The minimum atomic E-state index is -0.390. The quantitative estimate of drug-likeness (QED) is 0.850. The van der Waals surface area contributed by atoms with Gasteiger partial charge in [0.1, 0.15) is 6.54 Å². The Morgan fingerprint density at radius 3 is 2.00 bits per heavy atom. The Balaban J connectivity index is 1.31. The molecule has 0 bridgehead atoms. The number of rotatable bonds is 4. The van der Waals surface area contributed by atoms with Crippen molar-refractivity contribution < 1.29 is 14.4 Å². The summed E-state index contributed by atoms with van der Waals surface area (Å²) in [5.41, 5.74) is 2.10. The molecule has 1 heterocycles. The Morgan fingerprint density at radius 1 is 0.852 bits per heavy atom. The molecule has 0 saturated heterocycles. The van der Waals surface area contributed by atoms with Crippen LogP contribution in [0.15, 0.2) is 54.6 Å². The van der Waals surface area contributed by atoms with Crippen LogP contribution in [0, 0.1) is 0 Å². The number of carbonyl (C=O) groups excluding carboxylic acids is 3. The lowest BCUT2D eigenvalue weighted by Crippen LogP contribution is -2.45. The van der Waals surface area contributed by atoms with Gasteiger partial charge in [-0.2, -0.15) is 0 Å². The SMILES string of the molecule is O=C(CN1C(=O)c2ccccc2C1=O)NC1CCC(c2ccccc2)CC1. The number of hydrogen-bond donors (Lipinski definition) is 1. The van der Waals surface area contributed by atoms with Gasteiger partial charge in [0.05, 0.1) is 11.1 Å². The molecule has 27 heavy (non-hydrogen) atoms. The van der Waals surface area contributed by atoms with Gasteiger partial charge in [-0.3, -0.25) is 19.3 Å². The van der Waals surface area contributed by atoms with E-state index in [9.17, 15) is 14.4 Å². The van der Waals surface area contributed by atoms with Crippen LogP contribution in [0.3, 0.4) is 0 Å². The molecular formula is C22H22N2O3. The molecule has 3 amide bonds. The van der Waals surface area contributed by atoms with E-state index >= 15 is 0 Å². The third-order valence-electron chi connectivity index (χ3n) is 5.54. The number of benzene rings is 2. The number of amides is 3. The molecule has 0 aromatic heterocycles. The van der Waals surface area contributed by atoms with E-state index in [1.807, 2.05) is 6.07 Å². The van der Waals surface area contributed by atoms with Gasteiger partial charge in [-0.05, 0) is 49.3 Å². The van der Waals surface area contributed by atoms with E-state index in [1.54, 1.807) is 24.3 Å². The topological polar surface area (TPSA) is 66.5 Å². The van der Waals surface area contributed by atoms with E-state index in [2.05, 4.69) is 29.6 Å². The zero-order valence-electron chi connectivity index (χ0n) is 15.1. The van der Waals surface area contributed by atoms with Crippen LogP contribution >= 0.6 is 0 Å². The summed E-state index contributed by atoms with van der Waals surface area (Å²) in [5.74, 6) is -0.514. The van der Waals surface area contributed by atoms with E-state index in [4.69, 9.17) is 0 Å². The number of imide groups is 1. The van der Waals surface area contributed by atoms with Crippen LogP contribution in [0.25, 0.3) is 0 Å². The van der Waals surface area contributed by atoms with Crippen LogP contribution in [0.4, 0.5) is 0 Å². The molecule has 1 fully saturated rings. The lowest BCUT2D eigenvalue weighted by molar-refractivity contribution is -0.122. The normalized spacial score (nSPS) is 21.9. The predicted molar refractivity (Wildman–Crippen MR) is 101 cm³/mol. The summed E-state index contributed by atoms with van der Waals surface area (Å²) >= 11 is 0. The van der Waals surface area contributed by atoms with Crippen molar-refractivity contribution in [2.45, 2.75) is 37.6 Å². The molecule has 2 aromatic carbocycles. The first-order chi connectivity index (χ1) is 13.1. The fourth-order valence-corrected chi connectivity index (χ4v) is 4.10. The highest BCUT2D eigenvalue weighted by molar-refractivity contribution is 6.22. The maximum Gasteiger partial charge on any atom is 0.262 e. The summed E-state index contributed by atoms with van der Waals surface area (Å²) in [4.78, 5) is 38.2. The largest absolute Gasteiger partial charge is 0.352 e. The summed E-state index contributed by atoms with van der Waals surface area (Å²) in [6.45, 7) is -0.217. The number of hydrogen-bond acceptors (Lipinski definition) is 3. The fourth-order valence-electron chi connectivity index (χ4n) is 4.10. The van der Waals surface area contributed by atoms with Crippen molar-refractivity contribution >= 4 is 17.7 Å². The van der Waals surface area contributed by atoms with Crippen LogP contribution in [0.1, 0.15) is 57.9 Å².